The Labute approximate surface area is 109 Å². The van der Waals surface area contributed by atoms with Gasteiger partial charge in [-0.15, -0.1) is 0 Å². The van der Waals surface area contributed by atoms with E-state index in [0.29, 0.717) is 5.56 Å². The number of rotatable bonds is 4. The van der Waals surface area contributed by atoms with Crippen LogP contribution in [0.25, 0.3) is 0 Å². The van der Waals surface area contributed by atoms with E-state index < -0.39 is 12.0 Å². The lowest BCUT2D eigenvalue weighted by molar-refractivity contribution is -0.144. The molecule has 1 aliphatic rings. The molecule has 6 heteroatoms. The molecule has 2 amide bonds. The Bertz CT molecular complexity index is 506. The monoisotopic (exact) mass is 263 g/mol. The first-order valence-corrected chi connectivity index (χ1v) is 5.84. The van der Waals surface area contributed by atoms with Crippen molar-refractivity contribution in [2.75, 3.05) is 0 Å². The molecule has 0 aromatic heterocycles. The maximum Gasteiger partial charge on any atom is 0.305 e. The standard InChI is InChI=1S/C13H13NO5/c15-9-3-1-8(2-4-9)10(7-13(18)19)14-11(16)5-6-12(14)17/h1-4,10,15H,5-7H2,(H,18,19). The zero-order valence-electron chi connectivity index (χ0n) is 10.1. The average molecular weight is 263 g/mol. The molecule has 100 valence electrons. The highest BCUT2D eigenvalue weighted by Gasteiger charge is 2.36. The molecule has 1 fully saturated rings. The van der Waals surface area contributed by atoms with Crippen LogP contribution in [-0.2, 0) is 14.4 Å². The normalized spacial score (nSPS) is 16.7. The van der Waals surface area contributed by atoms with Crippen LogP contribution in [-0.4, -0.2) is 32.9 Å². The summed E-state index contributed by atoms with van der Waals surface area (Å²) < 4.78 is 0. The molecule has 0 spiro atoms. The summed E-state index contributed by atoms with van der Waals surface area (Å²) in [4.78, 5) is 35.4. The van der Waals surface area contributed by atoms with Crippen LogP contribution in [0.5, 0.6) is 5.75 Å². The summed E-state index contributed by atoms with van der Waals surface area (Å²) in [5.74, 6) is -1.77. The number of phenols is 1. The van der Waals surface area contributed by atoms with Gasteiger partial charge in [-0.05, 0) is 17.7 Å². The summed E-state index contributed by atoms with van der Waals surface area (Å²) >= 11 is 0. The molecule has 0 bridgehead atoms. The highest BCUT2D eigenvalue weighted by atomic mass is 16.4. The number of hydrogen-bond acceptors (Lipinski definition) is 4. The molecule has 1 atom stereocenters. The Hall–Kier alpha value is -2.37. The molecular weight excluding hydrogens is 250 g/mol. The number of phenolic OH excluding ortho intramolecular Hbond substituents is 1. The molecule has 0 radical (unpaired) electrons. The fraction of sp³-hybridized carbons (Fsp3) is 0.308. The lowest BCUT2D eigenvalue weighted by atomic mass is 10.0. The number of carbonyl (C=O) groups excluding carboxylic acids is 2. The SMILES string of the molecule is O=C(O)CC(c1ccc(O)cc1)N1C(=O)CCC1=O. The lowest BCUT2D eigenvalue weighted by Gasteiger charge is -2.25. The first-order valence-electron chi connectivity index (χ1n) is 5.84. The van der Waals surface area contributed by atoms with Crippen LogP contribution in [0.1, 0.15) is 30.9 Å². The second-order valence-corrected chi connectivity index (χ2v) is 4.36. The topological polar surface area (TPSA) is 94.9 Å². The van der Waals surface area contributed by atoms with Crippen molar-refractivity contribution in [3.05, 3.63) is 29.8 Å². The van der Waals surface area contributed by atoms with Gasteiger partial charge in [0.15, 0.2) is 0 Å². The van der Waals surface area contributed by atoms with Gasteiger partial charge in [0.2, 0.25) is 11.8 Å². The van der Waals surface area contributed by atoms with Crippen molar-refractivity contribution in [1.29, 1.82) is 0 Å². The van der Waals surface area contributed by atoms with Gasteiger partial charge in [0.1, 0.15) is 5.75 Å². The minimum Gasteiger partial charge on any atom is -0.508 e. The van der Waals surface area contributed by atoms with Gasteiger partial charge in [-0.2, -0.15) is 0 Å². The van der Waals surface area contributed by atoms with Crippen LogP contribution >= 0.6 is 0 Å². The van der Waals surface area contributed by atoms with Crippen LogP contribution < -0.4 is 0 Å². The highest BCUT2D eigenvalue weighted by molar-refractivity contribution is 6.02. The van der Waals surface area contributed by atoms with E-state index in [4.69, 9.17) is 5.11 Å². The zero-order chi connectivity index (χ0) is 14.0. The largest absolute Gasteiger partial charge is 0.508 e. The smallest absolute Gasteiger partial charge is 0.305 e. The number of carboxylic acid groups (broad SMARTS) is 1. The van der Waals surface area contributed by atoms with Gasteiger partial charge in [-0.1, -0.05) is 12.1 Å². The number of hydrogen-bond donors (Lipinski definition) is 2. The molecule has 2 N–H and O–H groups in total. The number of carbonyl (C=O) groups is 3. The summed E-state index contributed by atoms with van der Waals surface area (Å²) in [6.45, 7) is 0. The summed E-state index contributed by atoms with van der Waals surface area (Å²) in [5.41, 5.74) is 0.517. The predicted molar refractivity (Wildman–Crippen MR) is 64.2 cm³/mol. The van der Waals surface area contributed by atoms with Crippen molar-refractivity contribution in [3.63, 3.8) is 0 Å². The number of nitrogens with zero attached hydrogens (tertiary/aromatic N) is 1. The Morgan fingerprint density at radius 3 is 2.16 bits per heavy atom. The molecule has 1 saturated heterocycles. The van der Waals surface area contributed by atoms with Crippen LogP contribution in [0, 0.1) is 0 Å². The van der Waals surface area contributed by atoms with Gasteiger partial charge in [-0.25, -0.2) is 0 Å². The third-order valence-electron chi connectivity index (χ3n) is 3.05. The van der Waals surface area contributed by atoms with Gasteiger partial charge in [0.05, 0.1) is 12.5 Å². The minimum atomic E-state index is -1.09. The Balaban J connectivity index is 2.35. The second kappa shape index (κ2) is 5.09. The van der Waals surface area contributed by atoms with E-state index in [2.05, 4.69) is 0 Å². The molecular formula is C13H13NO5. The van der Waals surface area contributed by atoms with Gasteiger partial charge >= 0.3 is 5.97 Å². The van der Waals surface area contributed by atoms with Crippen molar-refractivity contribution >= 4 is 17.8 Å². The van der Waals surface area contributed by atoms with Crippen LogP contribution in [0.2, 0.25) is 0 Å². The molecule has 1 aromatic rings. The lowest BCUT2D eigenvalue weighted by Crippen LogP contribution is -2.34. The highest BCUT2D eigenvalue weighted by Crippen LogP contribution is 2.30. The van der Waals surface area contributed by atoms with E-state index in [0.717, 1.165) is 4.90 Å². The summed E-state index contributed by atoms with van der Waals surface area (Å²) in [6.07, 6.45) is -0.109. The number of aliphatic carboxylic acids is 1. The van der Waals surface area contributed by atoms with Crippen molar-refractivity contribution < 1.29 is 24.6 Å². The van der Waals surface area contributed by atoms with Crippen LogP contribution in [0.4, 0.5) is 0 Å². The molecule has 1 heterocycles. The third kappa shape index (κ3) is 2.73. The molecule has 1 aliphatic heterocycles. The van der Waals surface area contributed by atoms with Gasteiger partial charge in [-0.3, -0.25) is 19.3 Å². The van der Waals surface area contributed by atoms with Gasteiger partial charge < -0.3 is 10.2 Å². The van der Waals surface area contributed by atoms with E-state index in [1.165, 1.54) is 24.3 Å². The number of benzene rings is 1. The van der Waals surface area contributed by atoms with Crippen LogP contribution in [0.3, 0.4) is 0 Å². The number of amides is 2. The van der Waals surface area contributed by atoms with Crippen LogP contribution in [0.15, 0.2) is 24.3 Å². The quantitative estimate of drug-likeness (QED) is 0.792. The van der Waals surface area contributed by atoms with Crippen molar-refractivity contribution in [3.8, 4) is 5.75 Å². The molecule has 19 heavy (non-hydrogen) atoms. The first kappa shape index (κ1) is 13.1. The number of aromatic hydroxyl groups is 1. The fourth-order valence-electron chi connectivity index (χ4n) is 2.16. The van der Waals surface area contributed by atoms with Crippen molar-refractivity contribution in [1.82, 2.24) is 4.90 Å². The average Bonchev–Trinajstić information content (AvgIpc) is 2.67. The predicted octanol–water partition coefficient (Wildman–Crippen LogP) is 1.06. The van der Waals surface area contributed by atoms with E-state index in [-0.39, 0.29) is 36.8 Å². The molecule has 0 saturated carbocycles. The Morgan fingerprint density at radius 2 is 1.68 bits per heavy atom. The first-order chi connectivity index (χ1) is 8.99. The molecule has 0 aliphatic carbocycles. The molecule has 6 nitrogen and oxygen atoms in total. The van der Waals surface area contributed by atoms with E-state index >= 15 is 0 Å². The number of imide groups is 1. The Kier molecular flexibility index (Phi) is 3.50. The summed E-state index contributed by atoms with van der Waals surface area (Å²) in [7, 11) is 0. The summed E-state index contributed by atoms with van der Waals surface area (Å²) in [5, 5.41) is 18.2. The Morgan fingerprint density at radius 1 is 1.16 bits per heavy atom. The van der Waals surface area contributed by atoms with E-state index in [1.54, 1.807) is 0 Å². The molecule has 1 unspecified atom stereocenters. The number of carboxylic acids is 1. The minimum absolute atomic E-state index is 0.0388. The van der Waals surface area contributed by atoms with E-state index in [1.807, 2.05) is 0 Å². The maximum atomic E-state index is 11.7. The number of likely N-dealkylation sites (tertiary alicyclic amines) is 1. The third-order valence-corrected chi connectivity index (χ3v) is 3.05. The summed E-state index contributed by atoms with van der Waals surface area (Å²) in [6, 6.07) is 5.01. The van der Waals surface area contributed by atoms with Gasteiger partial charge in [0.25, 0.3) is 0 Å². The maximum absolute atomic E-state index is 11.7. The fourth-order valence-corrected chi connectivity index (χ4v) is 2.16. The van der Waals surface area contributed by atoms with Gasteiger partial charge in [0, 0.05) is 12.8 Å². The molecule has 2 rings (SSSR count). The second-order valence-electron chi connectivity index (χ2n) is 4.36. The van der Waals surface area contributed by atoms with Crippen molar-refractivity contribution in [2.45, 2.75) is 25.3 Å². The van der Waals surface area contributed by atoms with Crippen molar-refractivity contribution in [2.24, 2.45) is 0 Å². The zero-order valence-corrected chi connectivity index (χ0v) is 10.1. The van der Waals surface area contributed by atoms with E-state index in [9.17, 15) is 19.5 Å². The molecule has 1 aromatic carbocycles.